The molecule has 0 spiro atoms. The molecule has 0 amide bonds. The molecular weight excluding hydrogens is 248 g/mol. The monoisotopic (exact) mass is 270 g/mol. The molecule has 0 saturated heterocycles. The van der Waals surface area contributed by atoms with Crippen LogP contribution in [-0.4, -0.2) is 7.11 Å². The van der Waals surface area contributed by atoms with Crippen molar-refractivity contribution < 1.29 is 9.47 Å². The van der Waals surface area contributed by atoms with Crippen LogP contribution in [0.3, 0.4) is 0 Å². The Hall–Kier alpha value is -1.96. The van der Waals surface area contributed by atoms with Crippen molar-refractivity contribution in [1.29, 1.82) is 0 Å². The maximum atomic E-state index is 5.93. The van der Waals surface area contributed by atoms with Crippen LogP contribution in [0.1, 0.15) is 36.5 Å². The zero-order valence-corrected chi connectivity index (χ0v) is 12.6. The maximum Gasteiger partial charge on any atom is 0.161 e. The fourth-order valence-electron chi connectivity index (χ4n) is 2.31. The first-order valence-electron chi connectivity index (χ1n) is 6.97. The highest BCUT2D eigenvalue weighted by Gasteiger charge is 2.11. The smallest absolute Gasteiger partial charge is 0.161 e. The first-order valence-corrected chi connectivity index (χ1v) is 6.97. The Morgan fingerprint density at radius 3 is 2.30 bits per heavy atom. The Morgan fingerprint density at radius 1 is 1.00 bits per heavy atom. The summed E-state index contributed by atoms with van der Waals surface area (Å²) in [5.74, 6) is 2.08. The summed E-state index contributed by atoms with van der Waals surface area (Å²) < 4.78 is 11.4. The third-order valence-corrected chi connectivity index (χ3v) is 3.41. The van der Waals surface area contributed by atoms with Gasteiger partial charge in [0.25, 0.3) is 0 Å². The molecule has 2 aromatic carbocycles. The molecule has 0 radical (unpaired) electrons. The van der Waals surface area contributed by atoms with Crippen LogP contribution in [0.4, 0.5) is 0 Å². The van der Waals surface area contributed by atoms with Gasteiger partial charge in [0.05, 0.1) is 7.11 Å². The van der Waals surface area contributed by atoms with Crippen molar-refractivity contribution in [3.63, 3.8) is 0 Å². The van der Waals surface area contributed by atoms with Crippen molar-refractivity contribution in [2.24, 2.45) is 0 Å². The van der Waals surface area contributed by atoms with Gasteiger partial charge in [-0.15, -0.1) is 0 Å². The SMILES string of the molecule is COc1cc(C)c(C(C)C)cc1OCc1ccccc1. The van der Waals surface area contributed by atoms with Crippen molar-refractivity contribution in [3.05, 3.63) is 59.2 Å². The van der Waals surface area contributed by atoms with Crippen LogP contribution in [0.25, 0.3) is 0 Å². The van der Waals surface area contributed by atoms with Gasteiger partial charge in [-0.25, -0.2) is 0 Å². The van der Waals surface area contributed by atoms with Crippen LogP contribution in [0.2, 0.25) is 0 Å². The molecule has 0 bridgehead atoms. The number of benzene rings is 2. The Labute approximate surface area is 121 Å². The normalized spacial score (nSPS) is 10.7. The lowest BCUT2D eigenvalue weighted by atomic mass is 9.97. The van der Waals surface area contributed by atoms with Crippen molar-refractivity contribution >= 4 is 0 Å². The molecule has 0 atom stereocenters. The summed E-state index contributed by atoms with van der Waals surface area (Å²) in [6, 6.07) is 14.3. The predicted molar refractivity (Wildman–Crippen MR) is 82.6 cm³/mol. The van der Waals surface area contributed by atoms with Gasteiger partial charge >= 0.3 is 0 Å². The topological polar surface area (TPSA) is 18.5 Å². The lowest BCUT2D eigenvalue weighted by molar-refractivity contribution is 0.284. The summed E-state index contributed by atoms with van der Waals surface area (Å²) in [5, 5.41) is 0. The van der Waals surface area contributed by atoms with E-state index in [4.69, 9.17) is 9.47 Å². The minimum atomic E-state index is 0.472. The summed E-state index contributed by atoms with van der Waals surface area (Å²) in [7, 11) is 1.68. The number of ether oxygens (including phenoxy) is 2. The van der Waals surface area contributed by atoms with Crippen molar-refractivity contribution in [3.8, 4) is 11.5 Å². The second-order valence-corrected chi connectivity index (χ2v) is 5.29. The van der Waals surface area contributed by atoms with E-state index in [9.17, 15) is 0 Å². The molecule has 0 heterocycles. The highest BCUT2D eigenvalue weighted by Crippen LogP contribution is 2.34. The fraction of sp³-hybridized carbons (Fsp3) is 0.333. The van der Waals surface area contributed by atoms with Crippen LogP contribution in [-0.2, 0) is 6.61 Å². The van der Waals surface area contributed by atoms with Crippen LogP contribution in [0.15, 0.2) is 42.5 Å². The molecule has 106 valence electrons. The number of hydrogen-bond donors (Lipinski definition) is 0. The van der Waals surface area contributed by atoms with Crippen LogP contribution < -0.4 is 9.47 Å². The van der Waals surface area contributed by atoms with Gasteiger partial charge in [-0.3, -0.25) is 0 Å². The molecule has 0 N–H and O–H groups in total. The van der Waals surface area contributed by atoms with Gasteiger partial charge in [-0.1, -0.05) is 44.2 Å². The largest absolute Gasteiger partial charge is 0.493 e. The Kier molecular flexibility index (Phi) is 4.67. The third kappa shape index (κ3) is 3.32. The minimum absolute atomic E-state index is 0.472. The van der Waals surface area contributed by atoms with Crippen LogP contribution >= 0.6 is 0 Å². The van der Waals surface area contributed by atoms with E-state index in [-0.39, 0.29) is 0 Å². The molecule has 2 heteroatoms. The lowest BCUT2D eigenvalue weighted by Crippen LogP contribution is -2.01. The van der Waals surface area contributed by atoms with E-state index < -0.39 is 0 Å². The van der Waals surface area contributed by atoms with E-state index in [0.29, 0.717) is 12.5 Å². The van der Waals surface area contributed by atoms with Gasteiger partial charge in [0.1, 0.15) is 6.61 Å². The zero-order chi connectivity index (χ0) is 14.5. The number of aryl methyl sites for hydroxylation is 1. The predicted octanol–water partition coefficient (Wildman–Crippen LogP) is 4.71. The van der Waals surface area contributed by atoms with Crippen LogP contribution in [0, 0.1) is 6.92 Å². The average Bonchev–Trinajstić information content (AvgIpc) is 2.46. The van der Waals surface area contributed by atoms with Crippen molar-refractivity contribution in [2.45, 2.75) is 33.3 Å². The average molecular weight is 270 g/mol. The van der Waals surface area contributed by atoms with Gasteiger partial charge in [-0.2, -0.15) is 0 Å². The Balaban J connectivity index is 2.23. The van der Waals surface area contributed by atoms with E-state index in [2.05, 4.69) is 45.0 Å². The molecule has 0 aliphatic carbocycles. The van der Waals surface area contributed by atoms with E-state index in [0.717, 1.165) is 17.1 Å². The highest BCUT2D eigenvalue weighted by atomic mass is 16.5. The highest BCUT2D eigenvalue weighted by molar-refractivity contribution is 5.48. The molecule has 0 aliphatic heterocycles. The number of methoxy groups -OCH3 is 1. The van der Waals surface area contributed by atoms with E-state index in [1.807, 2.05) is 18.2 Å². The summed E-state index contributed by atoms with van der Waals surface area (Å²) >= 11 is 0. The summed E-state index contributed by atoms with van der Waals surface area (Å²) in [6.45, 7) is 7.04. The molecule has 2 rings (SSSR count). The second-order valence-electron chi connectivity index (χ2n) is 5.29. The van der Waals surface area contributed by atoms with E-state index in [1.54, 1.807) is 7.11 Å². The molecule has 2 nitrogen and oxygen atoms in total. The van der Waals surface area contributed by atoms with Gasteiger partial charge in [-0.05, 0) is 41.7 Å². The summed E-state index contributed by atoms with van der Waals surface area (Å²) in [5.41, 5.74) is 3.69. The quantitative estimate of drug-likeness (QED) is 0.783. The Morgan fingerprint density at radius 2 is 1.70 bits per heavy atom. The molecular formula is C18H22O2. The van der Waals surface area contributed by atoms with Gasteiger partial charge in [0, 0.05) is 0 Å². The van der Waals surface area contributed by atoms with Gasteiger partial charge in [0.2, 0.25) is 0 Å². The molecule has 2 aromatic rings. The van der Waals surface area contributed by atoms with Gasteiger partial charge < -0.3 is 9.47 Å². The van der Waals surface area contributed by atoms with E-state index in [1.165, 1.54) is 11.1 Å². The summed E-state index contributed by atoms with van der Waals surface area (Å²) in [4.78, 5) is 0. The van der Waals surface area contributed by atoms with Crippen molar-refractivity contribution in [2.75, 3.05) is 7.11 Å². The first-order chi connectivity index (χ1) is 9.61. The van der Waals surface area contributed by atoms with Crippen molar-refractivity contribution in [1.82, 2.24) is 0 Å². The molecule has 0 fully saturated rings. The standard InChI is InChI=1S/C18H22O2/c1-13(2)16-11-18(17(19-4)10-14(16)3)20-12-15-8-6-5-7-9-15/h5-11,13H,12H2,1-4H3. The van der Waals surface area contributed by atoms with Crippen LogP contribution in [0.5, 0.6) is 11.5 Å². The molecule has 0 aromatic heterocycles. The summed E-state index contributed by atoms with van der Waals surface area (Å²) in [6.07, 6.45) is 0. The number of hydrogen-bond acceptors (Lipinski definition) is 2. The zero-order valence-electron chi connectivity index (χ0n) is 12.6. The van der Waals surface area contributed by atoms with Gasteiger partial charge in [0.15, 0.2) is 11.5 Å². The maximum absolute atomic E-state index is 5.93. The Bertz CT molecular complexity index is 559. The molecule has 20 heavy (non-hydrogen) atoms. The second kappa shape index (κ2) is 6.47. The molecule has 0 unspecified atom stereocenters. The minimum Gasteiger partial charge on any atom is -0.493 e. The molecule has 0 saturated carbocycles. The lowest BCUT2D eigenvalue weighted by Gasteiger charge is -2.16. The van der Waals surface area contributed by atoms with E-state index >= 15 is 0 Å². The number of rotatable bonds is 5. The first kappa shape index (κ1) is 14.4. The fourth-order valence-corrected chi connectivity index (χ4v) is 2.31. The third-order valence-electron chi connectivity index (χ3n) is 3.41. The molecule has 0 aliphatic rings.